The Kier molecular flexibility index (Phi) is 8.54. The smallest absolute Gasteiger partial charge is 0.415 e. The van der Waals surface area contributed by atoms with Crippen LogP contribution < -0.4 is 10.0 Å². The van der Waals surface area contributed by atoms with E-state index in [1.54, 1.807) is 61.0 Å². The molecule has 5 rings (SSSR count). The third-order valence-electron chi connectivity index (χ3n) is 7.16. The summed E-state index contributed by atoms with van der Waals surface area (Å²) in [7, 11) is 3.45. The SMILES string of the molecule is CN(C(=O)OC(C)(C)C)c1nc2c(cc(-c3cc(F)cc(CN=C([O-])OC(C)(C)C)c3)n2C[C@H]2COC(C)(C)O2)c2c1ncn2C. The van der Waals surface area contributed by atoms with Crippen LogP contribution >= 0.6 is 0 Å². The zero-order valence-corrected chi connectivity index (χ0v) is 28.1. The Labute approximate surface area is 267 Å². The van der Waals surface area contributed by atoms with Crippen LogP contribution in [-0.2, 0) is 39.1 Å². The highest BCUT2D eigenvalue weighted by molar-refractivity contribution is 6.10. The summed E-state index contributed by atoms with van der Waals surface area (Å²) >= 11 is 0. The lowest BCUT2D eigenvalue weighted by atomic mass is 10.1. The summed E-state index contributed by atoms with van der Waals surface area (Å²) in [6, 6.07) is 6.47. The summed E-state index contributed by atoms with van der Waals surface area (Å²) in [5.74, 6) is -0.953. The molecule has 1 fully saturated rings. The van der Waals surface area contributed by atoms with Gasteiger partial charge >= 0.3 is 6.09 Å². The first-order valence-electron chi connectivity index (χ1n) is 15.1. The summed E-state index contributed by atoms with van der Waals surface area (Å²) in [6.45, 7) is 14.9. The van der Waals surface area contributed by atoms with E-state index in [1.807, 2.05) is 36.1 Å². The number of nitrogens with zero attached hydrogens (tertiary/aromatic N) is 6. The number of aliphatic imine (C=N–C) groups is 1. The lowest BCUT2D eigenvalue weighted by molar-refractivity contribution is -0.260. The number of amides is 1. The van der Waals surface area contributed by atoms with Crippen molar-refractivity contribution >= 4 is 40.1 Å². The highest BCUT2D eigenvalue weighted by Gasteiger charge is 2.34. The number of carbonyl (C=O) groups excluding carboxylic acids is 1. The number of imidazole rings is 1. The lowest BCUT2D eigenvalue weighted by Gasteiger charge is -2.29. The number of aromatic nitrogens is 4. The number of rotatable bonds is 6. The zero-order chi connectivity index (χ0) is 33.8. The number of halogens is 1. The molecule has 13 heteroatoms. The first-order chi connectivity index (χ1) is 21.3. The zero-order valence-electron chi connectivity index (χ0n) is 28.1. The number of pyridine rings is 1. The van der Waals surface area contributed by atoms with E-state index in [4.69, 9.17) is 23.9 Å². The van der Waals surface area contributed by atoms with E-state index < -0.39 is 35.0 Å². The largest absolute Gasteiger partial charge is 0.595 e. The van der Waals surface area contributed by atoms with Gasteiger partial charge in [-0.05, 0) is 64.4 Å². The molecule has 0 aliphatic carbocycles. The maximum atomic E-state index is 15.2. The Morgan fingerprint density at radius 1 is 1.15 bits per heavy atom. The van der Waals surface area contributed by atoms with Gasteiger partial charge in [-0.2, -0.15) is 0 Å². The summed E-state index contributed by atoms with van der Waals surface area (Å²) in [4.78, 5) is 28.1. The number of aryl methyl sites for hydroxylation is 1. The highest BCUT2D eigenvalue weighted by atomic mass is 19.1. The fourth-order valence-corrected chi connectivity index (χ4v) is 5.37. The van der Waals surface area contributed by atoms with E-state index >= 15 is 4.39 Å². The van der Waals surface area contributed by atoms with E-state index in [0.717, 1.165) is 10.9 Å². The molecule has 1 atom stereocenters. The molecule has 1 aliphatic heterocycles. The number of fused-ring (bicyclic) bond motifs is 3. The molecule has 1 aromatic carbocycles. The minimum absolute atomic E-state index is 0.0667. The van der Waals surface area contributed by atoms with Gasteiger partial charge in [0.05, 0.1) is 37.2 Å². The van der Waals surface area contributed by atoms with Crippen molar-refractivity contribution in [2.45, 2.75) is 91.6 Å². The molecule has 0 saturated carbocycles. The number of benzene rings is 1. The van der Waals surface area contributed by atoms with E-state index in [9.17, 15) is 9.90 Å². The van der Waals surface area contributed by atoms with Crippen molar-refractivity contribution in [3.8, 4) is 11.3 Å². The summed E-state index contributed by atoms with van der Waals surface area (Å²) in [6.07, 6.45) is 0.0142. The van der Waals surface area contributed by atoms with Crippen LogP contribution in [0.1, 0.15) is 61.0 Å². The van der Waals surface area contributed by atoms with Crippen LogP contribution in [0.15, 0.2) is 35.6 Å². The van der Waals surface area contributed by atoms with Crippen LogP contribution in [0.3, 0.4) is 0 Å². The van der Waals surface area contributed by atoms with Crippen molar-refractivity contribution in [3.63, 3.8) is 0 Å². The molecule has 1 aliphatic rings. The first-order valence-corrected chi connectivity index (χ1v) is 15.1. The van der Waals surface area contributed by atoms with Crippen LogP contribution in [-0.4, -0.2) is 68.0 Å². The van der Waals surface area contributed by atoms with Gasteiger partial charge in [-0.3, -0.25) is 9.89 Å². The van der Waals surface area contributed by atoms with Crippen LogP contribution in [0.2, 0.25) is 0 Å². The van der Waals surface area contributed by atoms with Crippen molar-refractivity contribution in [2.24, 2.45) is 12.0 Å². The highest BCUT2D eigenvalue weighted by Crippen LogP contribution is 2.37. The quantitative estimate of drug-likeness (QED) is 0.206. The Morgan fingerprint density at radius 2 is 1.85 bits per heavy atom. The van der Waals surface area contributed by atoms with Crippen molar-refractivity contribution in [2.75, 3.05) is 18.6 Å². The number of hydrogen-bond donors (Lipinski definition) is 0. The van der Waals surface area contributed by atoms with Crippen LogP contribution in [0.5, 0.6) is 0 Å². The topological polar surface area (TPSA) is 128 Å². The average molecular weight is 638 g/mol. The van der Waals surface area contributed by atoms with Crippen LogP contribution in [0.4, 0.5) is 15.0 Å². The van der Waals surface area contributed by atoms with Gasteiger partial charge in [0.2, 0.25) is 0 Å². The molecule has 4 heterocycles. The van der Waals surface area contributed by atoms with Gasteiger partial charge in [0.15, 0.2) is 11.6 Å². The van der Waals surface area contributed by atoms with Gasteiger partial charge in [-0.1, -0.05) is 20.8 Å². The standard InChI is InChI=1S/C33H43FN6O6/c1-31(2,3)45-29(41)35-15-19-11-20(13-21(34)12-19)24-14-23-26-25(36-18-38(26)9)28(39(10)30(42)46-32(4,5)6)37-27(23)40(24)16-22-17-43-33(7,8)44-22/h11-14,18,22H,15-17H2,1-10H3,(H,35,41)/p-1/t22-/m0/s1. The van der Waals surface area contributed by atoms with Gasteiger partial charge < -0.3 is 33.2 Å². The summed E-state index contributed by atoms with van der Waals surface area (Å²) in [5, 5.41) is 13.0. The molecule has 3 aromatic heterocycles. The minimum atomic E-state index is -0.770. The number of hydrogen-bond acceptors (Lipinski definition) is 9. The Morgan fingerprint density at radius 3 is 2.48 bits per heavy atom. The predicted octanol–water partition coefficient (Wildman–Crippen LogP) is 5.28. The number of ether oxygens (including phenoxy) is 4. The fourth-order valence-electron chi connectivity index (χ4n) is 5.37. The molecule has 0 N–H and O–H groups in total. The molecule has 0 radical (unpaired) electrons. The average Bonchev–Trinajstić information content (AvgIpc) is 3.59. The first kappa shape index (κ1) is 33.1. The maximum absolute atomic E-state index is 15.2. The third kappa shape index (κ3) is 7.26. The fraction of sp³-hybridized carbons (Fsp3) is 0.515. The molecule has 248 valence electrons. The predicted molar refractivity (Wildman–Crippen MR) is 171 cm³/mol. The minimum Gasteiger partial charge on any atom is -0.595 e. The van der Waals surface area contributed by atoms with Crippen molar-refractivity contribution in [1.82, 2.24) is 19.1 Å². The van der Waals surface area contributed by atoms with Gasteiger partial charge in [-0.15, -0.1) is 0 Å². The second-order valence-electron chi connectivity index (χ2n) is 14.0. The number of anilines is 1. The molecule has 1 saturated heterocycles. The van der Waals surface area contributed by atoms with E-state index in [-0.39, 0.29) is 12.6 Å². The Bertz CT molecular complexity index is 1810. The molecule has 0 spiro atoms. The van der Waals surface area contributed by atoms with Crippen LogP contribution in [0.25, 0.3) is 33.3 Å². The van der Waals surface area contributed by atoms with E-state index in [2.05, 4.69) is 9.98 Å². The van der Waals surface area contributed by atoms with Crippen LogP contribution in [0, 0.1) is 5.82 Å². The molecular weight excluding hydrogens is 595 g/mol. The Balaban J connectivity index is 1.68. The van der Waals surface area contributed by atoms with Crippen molar-refractivity contribution in [3.05, 3.63) is 42.0 Å². The second kappa shape index (κ2) is 11.8. The molecule has 0 unspecified atom stereocenters. The molecule has 0 bridgehead atoms. The molecule has 4 aromatic rings. The van der Waals surface area contributed by atoms with Crippen molar-refractivity contribution in [1.29, 1.82) is 0 Å². The van der Waals surface area contributed by atoms with Gasteiger partial charge in [0.25, 0.3) is 0 Å². The number of carbonyl (C=O) groups is 1. The molecule has 46 heavy (non-hydrogen) atoms. The molecular formula is C33H42FN6O6-. The molecule has 12 nitrogen and oxygen atoms in total. The second-order valence-corrected chi connectivity index (χ2v) is 14.0. The van der Waals surface area contributed by atoms with E-state index in [1.165, 1.54) is 17.0 Å². The summed E-state index contributed by atoms with van der Waals surface area (Å²) < 4.78 is 41.9. The van der Waals surface area contributed by atoms with E-state index in [0.29, 0.717) is 47.0 Å². The Hall–Kier alpha value is -4.23. The van der Waals surface area contributed by atoms with Crippen molar-refractivity contribution < 1.29 is 33.2 Å². The van der Waals surface area contributed by atoms with Gasteiger partial charge in [0, 0.05) is 30.6 Å². The van der Waals surface area contributed by atoms with Gasteiger partial charge in [-0.25, -0.2) is 19.2 Å². The third-order valence-corrected chi connectivity index (χ3v) is 7.16. The normalized spacial score (nSPS) is 17.2. The monoisotopic (exact) mass is 637 g/mol. The molecule has 1 amide bonds. The summed E-state index contributed by atoms with van der Waals surface area (Å²) in [5.41, 5.74) is 2.04. The maximum Gasteiger partial charge on any atom is 0.415 e. The van der Waals surface area contributed by atoms with Gasteiger partial charge in [0.1, 0.15) is 34.8 Å². The lowest BCUT2D eigenvalue weighted by Crippen LogP contribution is -2.34.